The summed E-state index contributed by atoms with van der Waals surface area (Å²) in [4.78, 5) is 32.5. The van der Waals surface area contributed by atoms with Crippen LogP contribution in [0.15, 0.2) is 61.1 Å². The van der Waals surface area contributed by atoms with E-state index >= 15 is 0 Å². The lowest BCUT2D eigenvalue weighted by molar-refractivity contribution is -0.385. The van der Waals surface area contributed by atoms with Gasteiger partial charge >= 0.3 is 0 Å². The second-order valence-corrected chi connectivity index (χ2v) is 8.07. The van der Waals surface area contributed by atoms with Crippen LogP contribution in [-0.2, 0) is 0 Å². The number of hydrogen-bond donors (Lipinski definition) is 1. The maximum absolute atomic E-state index is 12.9. The summed E-state index contributed by atoms with van der Waals surface area (Å²) in [6.45, 7) is 5.85. The standard InChI is InChI=1S/C24H20N8O3/c1-14-8-9-17(10-15(14)2)30-22-19(12-27-30)23(26-13-25-22)31-21(11-16(3)29-31)28-24(33)18-6-4-5-7-20(18)32(34)35/h4-13H,1-3H3,(H,28,33). The predicted octanol–water partition coefficient (Wildman–Crippen LogP) is 4.09. The Morgan fingerprint density at radius 2 is 1.80 bits per heavy atom. The summed E-state index contributed by atoms with van der Waals surface area (Å²) in [6.07, 6.45) is 3.05. The molecule has 11 heteroatoms. The Morgan fingerprint density at radius 1 is 1.00 bits per heavy atom. The third-order valence-corrected chi connectivity index (χ3v) is 5.70. The molecule has 174 valence electrons. The summed E-state index contributed by atoms with van der Waals surface area (Å²) in [6, 6.07) is 13.4. The number of anilines is 1. The van der Waals surface area contributed by atoms with Crippen molar-refractivity contribution in [1.29, 1.82) is 0 Å². The number of nitro groups is 1. The van der Waals surface area contributed by atoms with E-state index < -0.39 is 10.8 Å². The van der Waals surface area contributed by atoms with E-state index in [1.165, 1.54) is 34.8 Å². The molecule has 3 aromatic heterocycles. The number of nitrogens with one attached hydrogen (secondary N) is 1. The molecular formula is C24H20N8O3. The van der Waals surface area contributed by atoms with E-state index in [1.807, 2.05) is 32.0 Å². The number of para-hydroxylation sites is 1. The molecule has 1 amide bonds. The van der Waals surface area contributed by atoms with Crippen molar-refractivity contribution in [2.24, 2.45) is 0 Å². The molecule has 35 heavy (non-hydrogen) atoms. The molecule has 0 fully saturated rings. The number of rotatable bonds is 5. The van der Waals surface area contributed by atoms with Gasteiger partial charge in [0.1, 0.15) is 17.7 Å². The SMILES string of the molecule is Cc1cc(NC(=O)c2ccccc2[N+](=O)[O-])n(-c2ncnc3c2cnn3-c2ccc(C)c(C)c2)n1. The lowest BCUT2D eigenvalue weighted by atomic mass is 10.1. The molecule has 2 aromatic carbocycles. The van der Waals surface area contributed by atoms with Gasteiger partial charge in [-0.1, -0.05) is 18.2 Å². The van der Waals surface area contributed by atoms with Crippen molar-refractivity contribution in [2.45, 2.75) is 20.8 Å². The van der Waals surface area contributed by atoms with Gasteiger partial charge in [0.05, 0.1) is 27.9 Å². The van der Waals surface area contributed by atoms with Crippen molar-refractivity contribution in [3.63, 3.8) is 0 Å². The number of aryl methyl sites for hydroxylation is 3. The number of carbonyl (C=O) groups is 1. The Morgan fingerprint density at radius 3 is 2.57 bits per heavy atom. The predicted molar refractivity (Wildman–Crippen MR) is 129 cm³/mol. The number of fused-ring (bicyclic) bond motifs is 1. The summed E-state index contributed by atoms with van der Waals surface area (Å²) in [5.41, 5.74) is 4.01. The average Bonchev–Trinajstić information content (AvgIpc) is 3.44. The Bertz CT molecular complexity index is 1620. The van der Waals surface area contributed by atoms with E-state index in [4.69, 9.17) is 0 Å². The lowest BCUT2D eigenvalue weighted by Crippen LogP contribution is -2.17. The Balaban J connectivity index is 1.57. The largest absolute Gasteiger partial charge is 0.306 e. The van der Waals surface area contributed by atoms with Crippen LogP contribution in [0.25, 0.3) is 22.5 Å². The fraction of sp³-hybridized carbons (Fsp3) is 0.125. The summed E-state index contributed by atoms with van der Waals surface area (Å²) in [5.74, 6) is 0.0928. The van der Waals surface area contributed by atoms with Gasteiger partial charge in [0.25, 0.3) is 11.6 Å². The molecule has 0 spiro atoms. The van der Waals surface area contributed by atoms with Crippen molar-refractivity contribution in [3.05, 3.63) is 93.6 Å². The molecule has 0 unspecified atom stereocenters. The number of amides is 1. The summed E-state index contributed by atoms with van der Waals surface area (Å²) in [5, 5.41) is 23.7. The van der Waals surface area contributed by atoms with Gasteiger partial charge in [-0.15, -0.1) is 0 Å². The van der Waals surface area contributed by atoms with Crippen LogP contribution in [0.5, 0.6) is 0 Å². The van der Waals surface area contributed by atoms with Gasteiger partial charge < -0.3 is 5.32 Å². The van der Waals surface area contributed by atoms with Crippen LogP contribution in [0.1, 0.15) is 27.2 Å². The molecule has 0 bridgehead atoms. The summed E-state index contributed by atoms with van der Waals surface area (Å²) < 4.78 is 3.19. The average molecular weight is 468 g/mol. The quantitative estimate of drug-likeness (QED) is 0.303. The molecule has 0 aliphatic heterocycles. The zero-order valence-corrected chi connectivity index (χ0v) is 19.1. The highest BCUT2D eigenvalue weighted by atomic mass is 16.6. The van der Waals surface area contributed by atoms with Crippen LogP contribution >= 0.6 is 0 Å². The Labute approximate surface area is 199 Å². The summed E-state index contributed by atoms with van der Waals surface area (Å²) >= 11 is 0. The number of nitrogens with zero attached hydrogens (tertiary/aromatic N) is 7. The maximum Gasteiger partial charge on any atom is 0.282 e. The fourth-order valence-corrected chi connectivity index (χ4v) is 3.81. The molecular weight excluding hydrogens is 448 g/mol. The molecule has 0 saturated heterocycles. The normalized spacial score (nSPS) is 11.1. The van der Waals surface area contributed by atoms with E-state index in [0.717, 1.165) is 11.3 Å². The smallest absolute Gasteiger partial charge is 0.282 e. The maximum atomic E-state index is 12.9. The second-order valence-electron chi connectivity index (χ2n) is 8.07. The van der Waals surface area contributed by atoms with Crippen LogP contribution in [0.2, 0.25) is 0 Å². The lowest BCUT2D eigenvalue weighted by Gasteiger charge is -2.10. The minimum absolute atomic E-state index is 0.0571. The first-order valence-electron chi connectivity index (χ1n) is 10.7. The molecule has 0 atom stereocenters. The first-order chi connectivity index (χ1) is 16.8. The van der Waals surface area contributed by atoms with Gasteiger partial charge in [-0.25, -0.2) is 14.6 Å². The van der Waals surface area contributed by atoms with Gasteiger partial charge in [0, 0.05) is 12.1 Å². The Hall–Kier alpha value is -4.93. The van der Waals surface area contributed by atoms with Crippen molar-refractivity contribution >= 4 is 28.4 Å². The Kier molecular flexibility index (Phi) is 5.28. The zero-order valence-electron chi connectivity index (χ0n) is 19.1. The fourth-order valence-electron chi connectivity index (χ4n) is 3.81. The van der Waals surface area contributed by atoms with Crippen molar-refractivity contribution in [3.8, 4) is 11.5 Å². The molecule has 1 N–H and O–H groups in total. The third kappa shape index (κ3) is 3.88. The number of hydrogen-bond acceptors (Lipinski definition) is 7. The van der Waals surface area contributed by atoms with E-state index in [1.54, 1.807) is 29.9 Å². The number of carbonyl (C=O) groups excluding carboxylic acids is 1. The van der Waals surface area contributed by atoms with Crippen LogP contribution in [0, 0.1) is 30.9 Å². The van der Waals surface area contributed by atoms with Crippen LogP contribution in [0.4, 0.5) is 11.5 Å². The first-order valence-corrected chi connectivity index (χ1v) is 10.7. The number of benzene rings is 2. The van der Waals surface area contributed by atoms with Gasteiger partial charge in [-0.3, -0.25) is 14.9 Å². The number of nitro benzene ring substituents is 1. The molecule has 3 heterocycles. The second kappa shape index (κ2) is 8.45. The van der Waals surface area contributed by atoms with Crippen molar-refractivity contribution < 1.29 is 9.72 Å². The third-order valence-electron chi connectivity index (χ3n) is 5.70. The van der Waals surface area contributed by atoms with Gasteiger partial charge in [-0.2, -0.15) is 14.9 Å². The van der Waals surface area contributed by atoms with Crippen LogP contribution < -0.4 is 5.32 Å². The molecule has 0 radical (unpaired) electrons. The monoisotopic (exact) mass is 468 g/mol. The summed E-state index contributed by atoms with van der Waals surface area (Å²) in [7, 11) is 0. The highest BCUT2D eigenvalue weighted by molar-refractivity contribution is 6.06. The van der Waals surface area contributed by atoms with Crippen LogP contribution in [-0.4, -0.2) is 40.4 Å². The zero-order chi connectivity index (χ0) is 24.7. The van der Waals surface area contributed by atoms with Gasteiger partial charge in [0.15, 0.2) is 11.5 Å². The minimum Gasteiger partial charge on any atom is -0.306 e. The highest BCUT2D eigenvalue weighted by Gasteiger charge is 2.22. The molecule has 0 aliphatic carbocycles. The molecule has 0 saturated carbocycles. The van der Waals surface area contributed by atoms with Crippen molar-refractivity contribution in [2.75, 3.05) is 5.32 Å². The molecule has 5 rings (SSSR count). The van der Waals surface area contributed by atoms with E-state index in [-0.39, 0.29) is 11.3 Å². The van der Waals surface area contributed by atoms with E-state index in [2.05, 4.69) is 25.5 Å². The van der Waals surface area contributed by atoms with Crippen molar-refractivity contribution in [1.82, 2.24) is 29.5 Å². The molecule has 5 aromatic rings. The van der Waals surface area contributed by atoms with E-state index in [9.17, 15) is 14.9 Å². The molecule has 11 nitrogen and oxygen atoms in total. The highest BCUT2D eigenvalue weighted by Crippen LogP contribution is 2.26. The van der Waals surface area contributed by atoms with Gasteiger partial charge in [-0.05, 0) is 50.1 Å². The number of aromatic nitrogens is 6. The van der Waals surface area contributed by atoms with Crippen LogP contribution in [0.3, 0.4) is 0 Å². The first kappa shape index (κ1) is 21.9. The minimum atomic E-state index is -0.630. The van der Waals surface area contributed by atoms with Gasteiger partial charge in [0.2, 0.25) is 0 Å². The molecule has 0 aliphatic rings. The van der Waals surface area contributed by atoms with E-state index in [0.29, 0.717) is 28.4 Å². The topological polar surface area (TPSA) is 134 Å².